The van der Waals surface area contributed by atoms with Gasteiger partial charge in [0.25, 0.3) is 5.56 Å². The first-order chi connectivity index (χ1) is 18.9. The monoisotopic (exact) mass is 534 g/mol. The Morgan fingerprint density at radius 1 is 0.615 bits per heavy atom. The van der Waals surface area contributed by atoms with Gasteiger partial charge in [0.2, 0.25) is 11.5 Å². The highest BCUT2D eigenvalue weighted by molar-refractivity contribution is 5.77. The Labute approximate surface area is 225 Å². The number of nitrogens with zero attached hydrogens (tertiary/aromatic N) is 2. The fourth-order valence-corrected chi connectivity index (χ4v) is 4.21. The van der Waals surface area contributed by atoms with Gasteiger partial charge in [-0.25, -0.2) is 0 Å². The van der Waals surface area contributed by atoms with Crippen LogP contribution in [0.2, 0.25) is 0 Å². The standard InChI is InChI=1S/C28H30N4O7/c1-15-8-9-18(14-19(15)16-10-20(34-2)26(38-6)21(11-16)35-3)29-31-25-24(30-32-28(25)33)17-12-22(36-4)27(39-7)23(13-17)37-5/h8-14H,1-7H3,(H2,30,32,33). The van der Waals surface area contributed by atoms with Crippen molar-refractivity contribution < 1.29 is 28.4 Å². The summed E-state index contributed by atoms with van der Waals surface area (Å²) in [5, 5.41) is 14.1. The van der Waals surface area contributed by atoms with Gasteiger partial charge >= 0.3 is 0 Å². The van der Waals surface area contributed by atoms with Crippen molar-refractivity contribution in [1.29, 1.82) is 0 Å². The molecule has 11 heteroatoms. The van der Waals surface area contributed by atoms with Crippen molar-refractivity contribution in [2.45, 2.75) is 6.92 Å². The zero-order valence-corrected chi connectivity index (χ0v) is 22.8. The number of hydrogen-bond acceptors (Lipinski definition) is 9. The first-order valence-corrected chi connectivity index (χ1v) is 11.8. The average Bonchev–Trinajstić information content (AvgIpc) is 3.34. The molecule has 0 saturated carbocycles. The molecule has 0 unspecified atom stereocenters. The van der Waals surface area contributed by atoms with E-state index in [1.807, 2.05) is 37.3 Å². The van der Waals surface area contributed by atoms with Crippen molar-refractivity contribution >= 4 is 11.4 Å². The van der Waals surface area contributed by atoms with Crippen LogP contribution in [0, 0.1) is 6.92 Å². The number of methoxy groups -OCH3 is 6. The summed E-state index contributed by atoms with van der Waals surface area (Å²) >= 11 is 0. The van der Waals surface area contributed by atoms with Gasteiger partial charge < -0.3 is 28.4 Å². The number of benzene rings is 3. The van der Waals surface area contributed by atoms with E-state index in [4.69, 9.17) is 28.4 Å². The van der Waals surface area contributed by atoms with Crippen LogP contribution < -0.4 is 34.0 Å². The molecule has 1 heterocycles. The Hall–Kier alpha value is -4.93. The Bertz CT molecular complexity index is 1520. The van der Waals surface area contributed by atoms with Gasteiger partial charge in [-0.1, -0.05) is 6.07 Å². The highest BCUT2D eigenvalue weighted by atomic mass is 16.5. The molecule has 39 heavy (non-hydrogen) atoms. The molecule has 0 aliphatic carbocycles. The van der Waals surface area contributed by atoms with E-state index in [0.717, 1.165) is 16.7 Å². The Morgan fingerprint density at radius 2 is 1.13 bits per heavy atom. The minimum atomic E-state index is -0.431. The van der Waals surface area contributed by atoms with Crippen LogP contribution in [0.1, 0.15) is 5.56 Å². The summed E-state index contributed by atoms with van der Waals surface area (Å²) < 4.78 is 32.7. The zero-order chi connectivity index (χ0) is 28.1. The molecule has 1 aromatic heterocycles. The predicted octanol–water partition coefficient (Wildman–Crippen LogP) is 5.81. The van der Waals surface area contributed by atoms with Crippen LogP contribution in [0.15, 0.2) is 57.5 Å². The molecule has 0 radical (unpaired) electrons. The van der Waals surface area contributed by atoms with Crippen LogP contribution in [0.4, 0.5) is 11.4 Å². The minimum Gasteiger partial charge on any atom is -0.493 e. The number of hydrogen-bond donors (Lipinski definition) is 2. The molecule has 11 nitrogen and oxygen atoms in total. The predicted molar refractivity (Wildman–Crippen MR) is 147 cm³/mol. The second-order valence-corrected chi connectivity index (χ2v) is 8.33. The minimum absolute atomic E-state index is 0.0965. The van der Waals surface area contributed by atoms with Crippen molar-refractivity contribution in [3.05, 3.63) is 58.4 Å². The number of aromatic amines is 2. The topological polar surface area (TPSA) is 129 Å². The Balaban J connectivity index is 1.76. The fraction of sp³-hybridized carbons (Fsp3) is 0.250. The van der Waals surface area contributed by atoms with Crippen LogP contribution in [0.25, 0.3) is 22.4 Å². The molecular formula is C28H30N4O7. The maximum absolute atomic E-state index is 12.6. The Kier molecular flexibility index (Phi) is 8.09. The van der Waals surface area contributed by atoms with Gasteiger partial charge in [0.05, 0.1) is 54.0 Å². The number of H-pyrrole nitrogens is 2. The zero-order valence-electron chi connectivity index (χ0n) is 22.8. The van der Waals surface area contributed by atoms with Crippen LogP contribution >= 0.6 is 0 Å². The van der Waals surface area contributed by atoms with Gasteiger partial charge in [0, 0.05) is 5.56 Å². The fourth-order valence-electron chi connectivity index (χ4n) is 4.21. The van der Waals surface area contributed by atoms with E-state index >= 15 is 0 Å². The van der Waals surface area contributed by atoms with Crippen molar-refractivity contribution in [3.8, 4) is 56.9 Å². The van der Waals surface area contributed by atoms with Gasteiger partial charge in [-0.2, -0.15) is 5.11 Å². The lowest BCUT2D eigenvalue weighted by atomic mass is 9.99. The van der Waals surface area contributed by atoms with Gasteiger partial charge in [-0.3, -0.25) is 15.0 Å². The molecule has 0 aliphatic heterocycles. The lowest BCUT2D eigenvalue weighted by Gasteiger charge is -2.15. The van der Waals surface area contributed by atoms with Gasteiger partial charge in [0.15, 0.2) is 28.7 Å². The van der Waals surface area contributed by atoms with Crippen LogP contribution in [-0.2, 0) is 0 Å². The molecule has 0 aliphatic rings. The van der Waals surface area contributed by atoms with Crippen molar-refractivity contribution in [2.24, 2.45) is 10.2 Å². The normalized spacial score (nSPS) is 10.9. The van der Waals surface area contributed by atoms with E-state index < -0.39 is 5.56 Å². The van der Waals surface area contributed by atoms with E-state index in [9.17, 15) is 4.79 Å². The quantitative estimate of drug-likeness (QED) is 0.246. The lowest BCUT2D eigenvalue weighted by Crippen LogP contribution is -1.97. The molecular weight excluding hydrogens is 504 g/mol. The van der Waals surface area contributed by atoms with Crippen molar-refractivity contribution in [3.63, 3.8) is 0 Å². The van der Waals surface area contributed by atoms with Gasteiger partial charge in [-0.15, -0.1) is 5.11 Å². The number of azo groups is 1. The average molecular weight is 535 g/mol. The maximum Gasteiger partial charge on any atom is 0.292 e. The second-order valence-electron chi connectivity index (χ2n) is 8.33. The smallest absolute Gasteiger partial charge is 0.292 e. The number of nitrogens with one attached hydrogen (secondary N) is 2. The van der Waals surface area contributed by atoms with E-state index in [1.165, 1.54) is 21.3 Å². The van der Waals surface area contributed by atoms with Gasteiger partial charge in [-0.05, 0) is 60.0 Å². The highest BCUT2D eigenvalue weighted by Gasteiger charge is 2.19. The Morgan fingerprint density at radius 3 is 1.62 bits per heavy atom. The molecule has 0 spiro atoms. The summed E-state index contributed by atoms with van der Waals surface area (Å²) in [5.74, 6) is 2.88. The number of rotatable bonds is 10. The number of aryl methyl sites for hydroxylation is 1. The number of aromatic nitrogens is 2. The van der Waals surface area contributed by atoms with Gasteiger partial charge in [0.1, 0.15) is 0 Å². The highest BCUT2D eigenvalue weighted by Crippen LogP contribution is 2.43. The summed E-state index contributed by atoms with van der Waals surface area (Å²) in [6, 6.07) is 12.8. The number of ether oxygens (including phenoxy) is 6. The summed E-state index contributed by atoms with van der Waals surface area (Å²) in [7, 11) is 9.25. The third-order valence-corrected chi connectivity index (χ3v) is 6.17. The third kappa shape index (κ3) is 5.24. The summed E-state index contributed by atoms with van der Waals surface area (Å²) in [5.41, 5.74) is 3.95. The largest absolute Gasteiger partial charge is 0.493 e. The molecule has 0 atom stereocenters. The molecule has 0 amide bonds. The summed E-state index contributed by atoms with van der Waals surface area (Å²) in [6.07, 6.45) is 0. The SMILES string of the molecule is COc1cc(-c2cc(N=Nc3c(-c4cc(OC)c(OC)c(OC)c4)[nH][nH]c3=O)ccc2C)cc(OC)c1OC. The molecule has 3 aromatic carbocycles. The van der Waals surface area contributed by atoms with Crippen LogP contribution in [0.5, 0.6) is 34.5 Å². The van der Waals surface area contributed by atoms with E-state index in [0.29, 0.717) is 51.4 Å². The molecule has 0 bridgehead atoms. The maximum atomic E-state index is 12.6. The lowest BCUT2D eigenvalue weighted by molar-refractivity contribution is 0.324. The molecule has 0 fully saturated rings. The second kappa shape index (κ2) is 11.6. The van der Waals surface area contributed by atoms with E-state index in [2.05, 4.69) is 20.4 Å². The first-order valence-electron chi connectivity index (χ1n) is 11.8. The molecule has 4 aromatic rings. The van der Waals surface area contributed by atoms with Crippen LogP contribution in [-0.4, -0.2) is 52.9 Å². The third-order valence-electron chi connectivity index (χ3n) is 6.17. The molecule has 4 rings (SSSR count). The van der Waals surface area contributed by atoms with Crippen LogP contribution in [0.3, 0.4) is 0 Å². The van der Waals surface area contributed by atoms with Crippen molar-refractivity contribution in [2.75, 3.05) is 42.7 Å². The first kappa shape index (κ1) is 27.1. The molecule has 204 valence electrons. The molecule has 2 N–H and O–H groups in total. The van der Waals surface area contributed by atoms with E-state index in [1.54, 1.807) is 33.5 Å². The summed E-state index contributed by atoms with van der Waals surface area (Å²) in [4.78, 5) is 12.6. The summed E-state index contributed by atoms with van der Waals surface area (Å²) in [6.45, 7) is 1.98. The van der Waals surface area contributed by atoms with E-state index in [-0.39, 0.29) is 5.69 Å². The molecule has 0 saturated heterocycles. The van der Waals surface area contributed by atoms with Crippen molar-refractivity contribution in [1.82, 2.24) is 10.2 Å².